The quantitative estimate of drug-likeness (QED) is 0.725. The lowest BCUT2D eigenvalue weighted by Gasteiger charge is -2.12. The van der Waals surface area contributed by atoms with Crippen LogP contribution in [0.4, 0.5) is 5.69 Å². The van der Waals surface area contributed by atoms with Crippen LogP contribution >= 0.6 is 0 Å². The lowest BCUT2D eigenvalue weighted by molar-refractivity contribution is 0.581. The zero-order valence-corrected chi connectivity index (χ0v) is 12.1. The molecule has 20 heavy (non-hydrogen) atoms. The topological polar surface area (TPSA) is 86.9 Å². The number of aromatic nitrogens is 2. The Morgan fingerprint density at radius 3 is 2.80 bits per heavy atom. The molecule has 1 aromatic heterocycles. The Kier molecular flexibility index (Phi) is 4.75. The molecule has 0 radical (unpaired) electrons. The largest absolute Gasteiger partial charge is 0.384 e. The number of hydrogen-bond acceptors (Lipinski definition) is 4. The van der Waals surface area contributed by atoms with E-state index in [2.05, 4.69) is 20.0 Å². The van der Waals surface area contributed by atoms with E-state index in [1.54, 1.807) is 24.4 Å². The van der Waals surface area contributed by atoms with Crippen LogP contribution in [0.2, 0.25) is 0 Å². The van der Waals surface area contributed by atoms with Crippen LogP contribution in [0.15, 0.2) is 41.7 Å². The molecule has 0 amide bonds. The van der Waals surface area contributed by atoms with Crippen molar-refractivity contribution in [3.63, 3.8) is 0 Å². The first-order valence-corrected chi connectivity index (χ1v) is 7.91. The summed E-state index contributed by atoms with van der Waals surface area (Å²) >= 11 is 0. The van der Waals surface area contributed by atoms with Gasteiger partial charge in [-0.15, -0.1) is 0 Å². The van der Waals surface area contributed by atoms with Gasteiger partial charge in [-0.25, -0.2) is 18.1 Å². The third kappa shape index (κ3) is 3.58. The summed E-state index contributed by atoms with van der Waals surface area (Å²) in [5.41, 5.74) is 1.33. The highest BCUT2D eigenvalue weighted by Gasteiger charge is 2.17. The first-order valence-electron chi connectivity index (χ1n) is 6.43. The molecule has 0 saturated heterocycles. The van der Waals surface area contributed by atoms with Gasteiger partial charge in [0, 0.05) is 18.4 Å². The van der Waals surface area contributed by atoms with Crippen LogP contribution in [0.1, 0.15) is 19.0 Å². The summed E-state index contributed by atoms with van der Waals surface area (Å²) < 4.78 is 27.2. The molecule has 0 unspecified atom stereocenters. The fourth-order valence-electron chi connectivity index (χ4n) is 1.74. The number of anilines is 1. The second-order valence-electron chi connectivity index (χ2n) is 4.32. The second-order valence-corrected chi connectivity index (χ2v) is 6.06. The number of rotatable bonds is 7. The number of hydrogen-bond donors (Lipinski definition) is 3. The number of imidazole rings is 1. The number of para-hydroxylation sites is 1. The van der Waals surface area contributed by atoms with E-state index in [1.165, 1.54) is 6.33 Å². The van der Waals surface area contributed by atoms with Crippen LogP contribution in [0.3, 0.4) is 0 Å². The van der Waals surface area contributed by atoms with Crippen molar-refractivity contribution in [2.45, 2.75) is 24.8 Å². The molecule has 0 aliphatic carbocycles. The van der Waals surface area contributed by atoms with Gasteiger partial charge in [-0.05, 0) is 18.6 Å². The molecular formula is C13H18N4O2S. The minimum atomic E-state index is -3.56. The molecule has 108 valence electrons. The summed E-state index contributed by atoms with van der Waals surface area (Å²) in [6.07, 6.45) is 4.03. The van der Waals surface area contributed by atoms with E-state index >= 15 is 0 Å². The standard InChI is InChI=1S/C13H18N4O2S/c1-2-7-15-12-5-3-4-6-13(12)20(18,19)17-9-11-8-14-10-16-11/h3-6,8,10,15,17H,2,7,9H2,1H3,(H,14,16). The van der Waals surface area contributed by atoms with Gasteiger partial charge >= 0.3 is 0 Å². The van der Waals surface area contributed by atoms with Gasteiger partial charge in [0.25, 0.3) is 0 Å². The minimum Gasteiger partial charge on any atom is -0.384 e. The van der Waals surface area contributed by atoms with Crippen molar-refractivity contribution in [1.82, 2.24) is 14.7 Å². The average molecular weight is 294 g/mol. The molecule has 0 bridgehead atoms. The Balaban J connectivity index is 2.16. The highest BCUT2D eigenvalue weighted by Crippen LogP contribution is 2.20. The lowest BCUT2D eigenvalue weighted by atomic mass is 10.3. The maximum Gasteiger partial charge on any atom is 0.242 e. The van der Waals surface area contributed by atoms with Gasteiger partial charge in [-0.1, -0.05) is 19.1 Å². The number of nitrogens with one attached hydrogen (secondary N) is 3. The molecule has 0 spiro atoms. The van der Waals surface area contributed by atoms with Crippen molar-refractivity contribution < 1.29 is 8.42 Å². The SMILES string of the molecule is CCCNc1ccccc1S(=O)(=O)NCc1cnc[nH]1. The molecule has 3 N–H and O–H groups in total. The number of aromatic amines is 1. The summed E-state index contributed by atoms with van der Waals surface area (Å²) in [5.74, 6) is 0. The van der Waals surface area contributed by atoms with Gasteiger partial charge < -0.3 is 10.3 Å². The van der Waals surface area contributed by atoms with Gasteiger partial charge in [0.2, 0.25) is 10.0 Å². The van der Waals surface area contributed by atoms with Gasteiger partial charge in [0.15, 0.2) is 0 Å². The molecule has 0 saturated carbocycles. The molecule has 2 rings (SSSR count). The van der Waals surface area contributed by atoms with Crippen molar-refractivity contribution in [2.75, 3.05) is 11.9 Å². The molecular weight excluding hydrogens is 276 g/mol. The molecule has 0 atom stereocenters. The van der Waals surface area contributed by atoms with E-state index in [4.69, 9.17) is 0 Å². The normalized spacial score (nSPS) is 11.4. The van der Waals surface area contributed by atoms with Crippen molar-refractivity contribution in [3.8, 4) is 0 Å². The Bertz CT molecular complexity index is 638. The zero-order chi connectivity index (χ0) is 14.4. The second kappa shape index (κ2) is 6.53. The van der Waals surface area contributed by atoms with E-state index in [-0.39, 0.29) is 11.4 Å². The summed E-state index contributed by atoms with van der Waals surface area (Å²) in [6.45, 7) is 2.94. The van der Waals surface area contributed by atoms with E-state index in [0.29, 0.717) is 11.4 Å². The summed E-state index contributed by atoms with van der Waals surface area (Å²) in [4.78, 5) is 6.96. The Morgan fingerprint density at radius 1 is 1.30 bits per heavy atom. The maximum absolute atomic E-state index is 12.3. The summed E-state index contributed by atoms with van der Waals surface area (Å²) in [6, 6.07) is 6.88. The van der Waals surface area contributed by atoms with Gasteiger partial charge in [-0.3, -0.25) is 0 Å². The van der Waals surface area contributed by atoms with Crippen molar-refractivity contribution >= 4 is 15.7 Å². The van der Waals surface area contributed by atoms with E-state index in [9.17, 15) is 8.42 Å². The summed E-state index contributed by atoms with van der Waals surface area (Å²) in [7, 11) is -3.56. The van der Waals surface area contributed by atoms with Crippen molar-refractivity contribution in [2.24, 2.45) is 0 Å². The minimum absolute atomic E-state index is 0.185. The van der Waals surface area contributed by atoms with Crippen molar-refractivity contribution in [1.29, 1.82) is 0 Å². The first kappa shape index (κ1) is 14.5. The number of nitrogens with zero attached hydrogens (tertiary/aromatic N) is 1. The molecule has 1 heterocycles. The van der Waals surface area contributed by atoms with Crippen molar-refractivity contribution in [3.05, 3.63) is 42.5 Å². The fraction of sp³-hybridized carbons (Fsp3) is 0.308. The number of sulfonamides is 1. The maximum atomic E-state index is 12.3. The number of benzene rings is 1. The summed E-state index contributed by atoms with van der Waals surface area (Å²) in [5, 5.41) is 3.12. The molecule has 0 fully saturated rings. The molecule has 0 aliphatic rings. The smallest absolute Gasteiger partial charge is 0.242 e. The Morgan fingerprint density at radius 2 is 2.10 bits per heavy atom. The van der Waals surface area contributed by atoms with Crippen LogP contribution < -0.4 is 10.0 Å². The highest BCUT2D eigenvalue weighted by molar-refractivity contribution is 7.89. The van der Waals surface area contributed by atoms with Crippen LogP contribution in [-0.4, -0.2) is 24.9 Å². The lowest BCUT2D eigenvalue weighted by Crippen LogP contribution is -2.24. The van der Waals surface area contributed by atoms with Crippen LogP contribution in [-0.2, 0) is 16.6 Å². The van der Waals surface area contributed by atoms with Crippen LogP contribution in [0, 0.1) is 0 Å². The van der Waals surface area contributed by atoms with Gasteiger partial charge in [0.05, 0.1) is 18.6 Å². The van der Waals surface area contributed by atoms with Gasteiger partial charge in [0.1, 0.15) is 4.90 Å². The molecule has 1 aromatic carbocycles. The first-order chi connectivity index (χ1) is 9.63. The molecule has 6 nitrogen and oxygen atoms in total. The highest BCUT2D eigenvalue weighted by atomic mass is 32.2. The zero-order valence-electron chi connectivity index (χ0n) is 11.3. The third-order valence-corrected chi connectivity index (χ3v) is 4.21. The Hall–Kier alpha value is -1.86. The number of H-pyrrole nitrogens is 1. The predicted molar refractivity (Wildman–Crippen MR) is 77.8 cm³/mol. The molecule has 7 heteroatoms. The molecule has 2 aromatic rings. The Labute approximate surface area is 118 Å². The van der Waals surface area contributed by atoms with Crippen LogP contribution in [0.5, 0.6) is 0 Å². The molecule has 0 aliphatic heterocycles. The van der Waals surface area contributed by atoms with E-state index in [1.807, 2.05) is 13.0 Å². The van der Waals surface area contributed by atoms with Crippen LogP contribution in [0.25, 0.3) is 0 Å². The fourth-order valence-corrected chi connectivity index (χ4v) is 2.93. The third-order valence-electron chi connectivity index (χ3n) is 2.75. The van der Waals surface area contributed by atoms with E-state index in [0.717, 1.165) is 13.0 Å². The van der Waals surface area contributed by atoms with E-state index < -0.39 is 10.0 Å². The average Bonchev–Trinajstić information content (AvgIpc) is 2.97. The monoisotopic (exact) mass is 294 g/mol. The van der Waals surface area contributed by atoms with Gasteiger partial charge in [-0.2, -0.15) is 0 Å². The predicted octanol–water partition coefficient (Wildman–Crippen LogP) is 1.71.